The van der Waals surface area contributed by atoms with Crippen LogP contribution in [-0.2, 0) is 6.61 Å². The molecule has 0 unspecified atom stereocenters. The standard InChI is InChI=1S/C17H18N2O/c1-2-9-19(11-13-7-8-13)17-10-14(12-20)15-5-3-4-6-16(15)18-17/h1,3-6,10,13,20H,7-9,11-12H2. The highest BCUT2D eigenvalue weighted by molar-refractivity contribution is 5.84. The van der Waals surface area contributed by atoms with Crippen LogP contribution in [0.3, 0.4) is 0 Å². The molecule has 1 aliphatic carbocycles. The SMILES string of the molecule is C#CCN(CC1CC1)c1cc(CO)c2ccccc2n1. The number of aromatic nitrogens is 1. The van der Waals surface area contributed by atoms with Crippen molar-refractivity contribution >= 4 is 16.7 Å². The molecule has 3 heteroatoms. The van der Waals surface area contributed by atoms with E-state index in [-0.39, 0.29) is 6.61 Å². The van der Waals surface area contributed by atoms with E-state index in [1.54, 1.807) is 0 Å². The Morgan fingerprint density at radius 3 is 2.85 bits per heavy atom. The maximum Gasteiger partial charge on any atom is 0.130 e. The molecule has 0 aliphatic heterocycles. The van der Waals surface area contributed by atoms with Crippen LogP contribution in [0, 0.1) is 18.3 Å². The third-order valence-electron chi connectivity index (χ3n) is 3.74. The van der Waals surface area contributed by atoms with Gasteiger partial charge in [-0.05, 0) is 36.5 Å². The lowest BCUT2D eigenvalue weighted by Crippen LogP contribution is -2.27. The van der Waals surface area contributed by atoms with Crippen LogP contribution in [-0.4, -0.2) is 23.2 Å². The van der Waals surface area contributed by atoms with E-state index >= 15 is 0 Å². The Kier molecular flexibility index (Phi) is 3.58. The van der Waals surface area contributed by atoms with Crippen LogP contribution in [0.1, 0.15) is 18.4 Å². The van der Waals surface area contributed by atoms with Crippen LogP contribution >= 0.6 is 0 Å². The van der Waals surface area contributed by atoms with E-state index in [1.165, 1.54) is 12.8 Å². The summed E-state index contributed by atoms with van der Waals surface area (Å²) in [4.78, 5) is 6.85. The fourth-order valence-electron chi connectivity index (χ4n) is 2.49. The Labute approximate surface area is 119 Å². The molecule has 0 saturated heterocycles. The second-order valence-corrected chi connectivity index (χ2v) is 5.34. The van der Waals surface area contributed by atoms with E-state index < -0.39 is 0 Å². The average molecular weight is 266 g/mol. The molecule has 0 bridgehead atoms. The Morgan fingerprint density at radius 1 is 1.35 bits per heavy atom. The number of para-hydroxylation sites is 1. The number of hydrogen-bond donors (Lipinski definition) is 1. The van der Waals surface area contributed by atoms with E-state index in [4.69, 9.17) is 11.4 Å². The molecule has 0 spiro atoms. The number of terminal acetylenes is 1. The minimum Gasteiger partial charge on any atom is -0.392 e. The monoisotopic (exact) mass is 266 g/mol. The summed E-state index contributed by atoms with van der Waals surface area (Å²) < 4.78 is 0. The molecular weight excluding hydrogens is 248 g/mol. The zero-order valence-corrected chi connectivity index (χ0v) is 11.4. The first-order valence-corrected chi connectivity index (χ1v) is 6.99. The van der Waals surface area contributed by atoms with Crippen molar-refractivity contribution in [2.45, 2.75) is 19.4 Å². The first kappa shape index (κ1) is 13.0. The lowest BCUT2D eigenvalue weighted by molar-refractivity contribution is 0.283. The van der Waals surface area contributed by atoms with Gasteiger partial charge in [-0.15, -0.1) is 6.42 Å². The van der Waals surface area contributed by atoms with Crippen molar-refractivity contribution < 1.29 is 5.11 Å². The highest BCUT2D eigenvalue weighted by Crippen LogP contribution is 2.32. The number of anilines is 1. The van der Waals surface area contributed by atoms with E-state index in [2.05, 4.69) is 10.8 Å². The Balaban J connectivity index is 2.02. The van der Waals surface area contributed by atoms with Crippen molar-refractivity contribution in [1.82, 2.24) is 4.98 Å². The molecule has 1 aromatic heterocycles. The zero-order chi connectivity index (χ0) is 13.9. The molecule has 102 valence electrons. The molecule has 2 aromatic rings. The fraction of sp³-hybridized carbons (Fsp3) is 0.353. The topological polar surface area (TPSA) is 36.4 Å². The van der Waals surface area contributed by atoms with Gasteiger partial charge >= 0.3 is 0 Å². The van der Waals surface area contributed by atoms with Crippen molar-refractivity contribution in [2.24, 2.45) is 5.92 Å². The molecule has 1 N–H and O–H groups in total. The van der Waals surface area contributed by atoms with Gasteiger partial charge in [-0.2, -0.15) is 0 Å². The first-order valence-electron chi connectivity index (χ1n) is 6.99. The summed E-state index contributed by atoms with van der Waals surface area (Å²) in [6, 6.07) is 9.86. The number of rotatable bonds is 5. The van der Waals surface area contributed by atoms with Crippen molar-refractivity contribution in [2.75, 3.05) is 18.0 Å². The van der Waals surface area contributed by atoms with Crippen molar-refractivity contribution in [3.8, 4) is 12.3 Å². The van der Waals surface area contributed by atoms with Gasteiger partial charge in [0.2, 0.25) is 0 Å². The van der Waals surface area contributed by atoms with Gasteiger partial charge in [0.15, 0.2) is 0 Å². The molecule has 1 fully saturated rings. The molecule has 0 amide bonds. The normalized spacial score (nSPS) is 14.2. The fourth-order valence-corrected chi connectivity index (χ4v) is 2.49. The van der Waals surface area contributed by atoms with Gasteiger partial charge in [0.1, 0.15) is 5.82 Å². The summed E-state index contributed by atoms with van der Waals surface area (Å²) >= 11 is 0. The van der Waals surface area contributed by atoms with Gasteiger partial charge in [0.25, 0.3) is 0 Å². The van der Waals surface area contributed by atoms with Crippen molar-refractivity contribution in [3.05, 3.63) is 35.9 Å². The minimum absolute atomic E-state index is 0.0172. The molecule has 3 rings (SSSR count). The maximum absolute atomic E-state index is 9.58. The number of aliphatic hydroxyl groups is 1. The van der Waals surface area contributed by atoms with Gasteiger partial charge in [0, 0.05) is 11.9 Å². The largest absolute Gasteiger partial charge is 0.392 e. The quantitative estimate of drug-likeness (QED) is 0.845. The molecule has 20 heavy (non-hydrogen) atoms. The van der Waals surface area contributed by atoms with Gasteiger partial charge in [0.05, 0.1) is 18.7 Å². The van der Waals surface area contributed by atoms with Crippen LogP contribution < -0.4 is 4.90 Å². The van der Waals surface area contributed by atoms with Crippen molar-refractivity contribution in [3.63, 3.8) is 0 Å². The lowest BCUT2D eigenvalue weighted by atomic mass is 10.1. The number of hydrogen-bond acceptors (Lipinski definition) is 3. The third-order valence-corrected chi connectivity index (χ3v) is 3.74. The molecular formula is C17H18N2O. The summed E-state index contributed by atoms with van der Waals surface area (Å²) in [6.07, 6.45) is 8.04. The lowest BCUT2D eigenvalue weighted by Gasteiger charge is -2.22. The first-order chi connectivity index (χ1) is 9.81. The summed E-state index contributed by atoms with van der Waals surface area (Å²) in [5.74, 6) is 4.33. The van der Waals surface area contributed by atoms with Gasteiger partial charge in [-0.3, -0.25) is 0 Å². The third kappa shape index (κ3) is 2.61. The van der Waals surface area contributed by atoms with E-state index in [1.807, 2.05) is 30.3 Å². The predicted molar refractivity (Wildman–Crippen MR) is 81.4 cm³/mol. The molecule has 1 heterocycles. The van der Waals surface area contributed by atoms with Crippen LogP contribution in [0.4, 0.5) is 5.82 Å². The van der Waals surface area contributed by atoms with Crippen molar-refractivity contribution in [1.29, 1.82) is 0 Å². The van der Waals surface area contributed by atoms with Gasteiger partial charge in [-0.1, -0.05) is 24.1 Å². The molecule has 1 aromatic carbocycles. The molecule has 1 aliphatic rings. The van der Waals surface area contributed by atoms with Gasteiger partial charge in [-0.25, -0.2) is 4.98 Å². The summed E-state index contributed by atoms with van der Waals surface area (Å²) in [6.45, 7) is 1.54. The average Bonchev–Trinajstić information content (AvgIpc) is 3.29. The summed E-state index contributed by atoms with van der Waals surface area (Å²) in [5.41, 5.74) is 1.82. The Morgan fingerprint density at radius 2 is 2.15 bits per heavy atom. The second-order valence-electron chi connectivity index (χ2n) is 5.34. The predicted octanol–water partition coefficient (Wildman–Crippen LogP) is 2.58. The maximum atomic E-state index is 9.58. The number of aliphatic hydroxyl groups excluding tert-OH is 1. The Bertz CT molecular complexity index is 656. The second kappa shape index (κ2) is 5.52. The summed E-state index contributed by atoms with van der Waals surface area (Å²) in [7, 11) is 0. The number of fused-ring (bicyclic) bond motifs is 1. The molecule has 3 nitrogen and oxygen atoms in total. The number of pyridine rings is 1. The zero-order valence-electron chi connectivity index (χ0n) is 11.4. The highest BCUT2D eigenvalue weighted by atomic mass is 16.3. The van der Waals surface area contributed by atoms with Crippen LogP contribution in [0.15, 0.2) is 30.3 Å². The van der Waals surface area contributed by atoms with E-state index in [0.29, 0.717) is 6.54 Å². The summed E-state index contributed by atoms with van der Waals surface area (Å²) in [5, 5.41) is 10.6. The van der Waals surface area contributed by atoms with Crippen LogP contribution in [0.5, 0.6) is 0 Å². The molecule has 0 radical (unpaired) electrons. The van der Waals surface area contributed by atoms with Crippen LogP contribution in [0.2, 0.25) is 0 Å². The smallest absolute Gasteiger partial charge is 0.130 e. The number of nitrogens with zero attached hydrogens (tertiary/aromatic N) is 2. The van der Waals surface area contributed by atoms with E-state index in [0.717, 1.165) is 34.7 Å². The van der Waals surface area contributed by atoms with Crippen LogP contribution in [0.25, 0.3) is 10.9 Å². The molecule has 1 saturated carbocycles. The van der Waals surface area contributed by atoms with Gasteiger partial charge < -0.3 is 10.0 Å². The van der Waals surface area contributed by atoms with E-state index in [9.17, 15) is 5.11 Å². The Hall–Kier alpha value is -2.05. The number of benzene rings is 1. The molecule has 0 atom stereocenters. The highest BCUT2D eigenvalue weighted by Gasteiger charge is 2.25. The minimum atomic E-state index is 0.0172.